The van der Waals surface area contributed by atoms with Gasteiger partial charge in [-0.2, -0.15) is 0 Å². The molecule has 1 unspecified atom stereocenters. The molecule has 0 bridgehead atoms. The summed E-state index contributed by atoms with van der Waals surface area (Å²) in [4.78, 5) is 0. The van der Waals surface area contributed by atoms with Gasteiger partial charge in [0, 0.05) is 4.43 Å². The first-order valence-electron chi connectivity index (χ1n) is 7.76. The standard InChI is InChI=1S/C18H29IO2Si/c1-15(21-22(5,6)18(2,3)4)17(12-13-19)20-14-16-10-8-7-9-11-16/h7-11,17H,1,12-14H2,2-6H3. The number of ether oxygens (including phenoxy) is 1. The molecule has 0 saturated carbocycles. The van der Waals surface area contributed by atoms with Crippen LogP contribution in [-0.4, -0.2) is 18.8 Å². The Hall–Kier alpha value is -0.333. The predicted molar refractivity (Wildman–Crippen MR) is 106 cm³/mol. The van der Waals surface area contributed by atoms with E-state index in [1.54, 1.807) is 0 Å². The molecular weight excluding hydrogens is 403 g/mol. The first-order valence-corrected chi connectivity index (χ1v) is 12.2. The van der Waals surface area contributed by atoms with Crippen molar-refractivity contribution in [3.8, 4) is 0 Å². The normalized spacial score (nSPS) is 13.7. The molecule has 1 aromatic rings. The van der Waals surface area contributed by atoms with Gasteiger partial charge in [0.05, 0.1) is 6.61 Å². The summed E-state index contributed by atoms with van der Waals surface area (Å²) in [6.07, 6.45) is 0.896. The van der Waals surface area contributed by atoms with Crippen LogP contribution in [0.1, 0.15) is 32.8 Å². The van der Waals surface area contributed by atoms with Gasteiger partial charge in [-0.15, -0.1) is 0 Å². The molecule has 0 radical (unpaired) electrons. The number of rotatable bonds is 8. The van der Waals surface area contributed by atoms with Crippen LogP contribution in [0.25, 0.3) is 0 Å². The van der Waals surface area contributed by atoms with Gasteiger partial charge < -0.3 is 9.16 Å². The van der Waals surface area contributed by atoms with Crippen molar-refractivity contribution in [2.45, 2.75) is 58.0 Å². The van der Waals surface area contributed by atoms with Gasteiger partial charge in [0.2, 0.25) is 8.32 Å². The van der Waals surface area contributed by atoms with E-state index in [0.29, 0.717) is 6.61 Å². The van der Waals surface area contributed by atoms with Gasteiger partial charge >= 0.3 is 0 Å². The minimum atomic E-state index is -1.85. The largest absolute Gasteiger partial charge is 0.545 e. The number of hydrogen-bond donors (Lipinski definition) is 0. The van der Waals surface area contributed by atoms with Crippen molar-refractivity contribution in [3.05, 3.63) is 48.2 Å². The highest BCUT2D eigenvalue weighted by molar-refractivity contribution is 14.1. The summed E-state index contributed by atoms with van der Waals surface area (Å²) >= 11 is 2.38. The predicted octanol–water partition coefficient (Wildman–Crippen LogP) is 5.93. The lowest BCUT2D eigenvalue weighted by atomic mass is 10.2. The van der Waals surface area contributed by atoms with Crippen LogP contribution in [0.5, 0.6) is 0 Å². The van der Waals surface area contributed by atoms with Gasteiger partial charge in [0.15, 0.2) is 0 Å². The molecule has 0 amide bonds. The average Bonchev–Trinajstić information content (AvgIpc) is 2.42. The van der Waals surface area contributed by atoms with Gasteiger partial charge in [-0.05, 0) is 30.1 Å². The zero-order valence-electron chi connectivity index (χ0n) is 14.5. The summed E-state index contributed by atoms with van der Waals surface area (Å²) in [5.41, 5.74) is 1.18. The summed E-state index contributed by atoms with van der Waals surface area (Å²) in [6, 6.07) is 10.3. The van der Waals surface area contributed by atoms with Crippen molar-refractivity contribution in [2.75, 3.05) is 4.43 Å². The van der Waals surface area contributed by atoms with Crippen molar-refractivity contribution in [2.24, 2.45) is 0 Å². The molecule has 0 aromatic heterocycles. The first kappa shape index (κ1) is 19.7. The maximum atomic E-state index is 6.32. The molecule has 0 aliphatic heterocycles. The van der Waals surface area contributed by atoms with Gasteiger partial charge in [-0.25, -0.2) is 0 Å². The minimum absolute atomic E-state index is 0.0359. The summed E-state index contributed by atoms with van der Waals surface area (Å²) in [5, 5.41) is 0.171. The van der Waals surface area contributed by atoms with Gasteiger partial charge in [-0.1, -0.05) is 80.3 Å². The van der Waals surface area contributed by atoms with Gasteiger partial charge in [0.1, 0.15) is 11.9 Å². The van der Waals surface area contributed by atoms with Crippen LogP contribution in [0.15, 0.2) is 42.7 Å². The number of benzene rings is 1. The van der Waals surface area contributed by atoms with Crippen molar-refractivity contribution < 1.29 is 9.16 Å². The third-order valence-corrected chi connectivity index (χ3v) is 9.22. The fraction of sp³-hybridized carbons (Fsp3) is 0.556. The average molecular weight is 432 g/mol. The lowest BCUT2D eigenvalue weighted by molar-refractivity contribution is 0.0388. The zero-order chi connectivity index (χ0) is 16.8. The molecule has 1 rings (SSSR count). The van der Waals surface area contributed by atoms with Crippen molar-refractivity contribution in [1.29, 1.82) is 0 Å². The van der Waals surface area contributed by atoms with E-state index in [9.17, 15) is 0 Å². The SMILES string of the molecule is C=C(O[Si](C)(C)C(C)(C)C)C(CCI)OCc1ccccc1. The van der Waals surface area contributed by atoms with Gasteiger partial charge in [0.25, 0.3) is 0 Å². The number of halogens is 1. The third-order valence-electron chi connectivity index (χ3n) is 4.22. The van der Waals surface area contributed by atoms with Crippen LogP contribution >= 0.6 is 22.6 Å². The highest BCUT2D eigenvalue weighted by atomic mass is 127. The van der Waals surface area contributed by atoms with E-state index < -0.39 is 8.32 Å². The fourth-order valence-electron chi connectivity index (χ4n) is 1.75. The molecule has 0 saturated heterocycles. The molecule has 1 atom stereocenters. The monoisotopic (exact) mass is 432 g/mol. The Kier molecular flexibility index (Phi) is 7.62. The highest BCUT2D eigenvalue weighted by Crippen LogP contribution is 2.38. The third kappa shape index (κ3) is 6.05. The summed E-state index contributed by atoms with van der Waals surface area (Å²) < 4.78 is 13.4. The molecular formula is C18H29IO2Si. The lowest BCUT2D eigenvalue weighted by Crippen LogP contribution is -2.42. The van der Waals surface area contributed by atoms with Crippen LogP contribution in [-0.2, 0) is 15.8 Å². The molecule has 2 nitrogen and oxygen atoms in total. The van der Waals surface area contributed by atoms with E-state index in [1.807, 2.05) is 18.2 Å². The fourth-order valence-corrected chi connectivity index (χ4v) is 3.41. The van der Waals surface area contributed by atoms with Crippen LogP contribution in [0.2, 0.25) is 18.1 Å². The van der Waals surface area contributed by atoms with E-state index in [0.717, 1.165) is 16.6 Å². The second-order valence-corrected chi connectivity index (χ2v) is 12.9. The number of alkyl halides is 1. The Labute approximate surface area is 150 Å². The molecule has 0 heterocycles. The van der Waals surface area contributed by atoms with E-state index in [-0.39, 0.29) is 11.1 Å². The Morgan fingerprint density at radius 3 is 2.32 bits per heavy atom. The van der Waals surface area contributed by atoms with Crippen LogP contribution in [0.3, 0.4) is 0 Å². The number of hydrogen-bond acceptors (Lipinski definition) is 2. The van der Waals surface area contributed by atoms with E-state index in [2.05, 4.69) is 75.2 Å². The van der Waals surface area contributed by atoms with Gasteiger partial charge in [-0.3, -0.25) is 0 Å². The van der Waals surface area contributed by atoms with Crippen molar-refractivity contribution in [1.82, 2.24) is 0 Å². The molecule has 0 N–H and O–H groups in total. The first-order chi connectivity index (χ1) is 10.2. The maximum absolute atomic E-state index is 6.32. The summed E-state index contributed by atoms with van der Waals surface area (Å²) in [7, 11) is -1.85. The Balaban J connectivity index is 2.68. The maximum Gasteiger partial charge on any atom is 0.250 e. The second kappa shape index (κ2) is 8.50. The van der Waals surface area contributed by atoms with Crippen molar-refractivity contribution >= 4 is 30.9 Å². The van der Waals surface area contributed by atoms with Crippen molar-refractivity contribution in [3.63, 3.8) is 0 Å². The molecule has 4 heteroatoms. The smallest absolute Gasteiger partial charge is 0.250 e. The topological polar surface area (TPSA) is 18.5 Å². The molecule has 0 aliphatic rings. The highest BCUT2D eigenvalue weighted by Gasteiger charge is 2.40. The summed E-state index contributed by atoms with van der Waals surface area (Å²) in [6.45, 7) is 16.0. The minimum Gasteiger partial charge on any atom is -0.545 e. The Morgan fingerprint density at radius 2 is 1.82 bits per heavy atom. The molecule has 1 aromatic carbocycles. The van der Waals surface area contributed by atoms with Crippen LogP contribution < -0.4 is 0 Å². The quantitative estimate of drug-likeness (QED) is 0.219. The van der Waals surface area contributed by atoms with E-state index in [1.165, 1.54) is 5.56 Å². The molecule has 0 spiro atoms. The summed E-state index contributed by atoms with van der Waals surface area (Å²) in [5.74, 6) is 0.791. The molecule has 0 fully saturated rings. The molecule has 22 heavy (non-hydrogen) atoms. The zero-order valence-corrected chi connectivity index (χ0v) is 17.6. The van der Waals surface area contributed by atoms with E-state index in [4.69, 9.17) is 9.16 Å². The second-order valence-electron chi connectivity index (χ2n) is 7.09. The van der Waals surface area contributed by atoms with Crippen LogP contribution in [0.4, 0.5) is 0 Å². The Bertz CT molecular complexity index is 466. The van der Waals surface area contributed by atoms with Crippen LogP contribution in [0, 0.1) is 0 Å². The van der Waals surface area contributed by atoms with E-state index >= 15 is 0 Å². The lowest BCUT2D eigenvalue weighted by Gasteiger charge is -2.38. The molecule has 0 aliphatic carbocycles. The molecule has 124 valence electrons. The Morgan fingerprint density at radius 1 is 1.23 bits per heavy atom.